The van der Waals surface area contributed by atoms with E-state index < -0.39 is 6.04 Å². The first-order valence-corrected chi connectivity index (χ1v) is 10.2. The molecular weight excluding hydrogens is 389 g/mol. The van der Waals surface area contributed by atoms with E-state index in [1.54, 1.807) is 12.1 Å². The second-order valence-electron chi connectivity index (χ2n) is 6.91. The third-order valence-corrected chi connectivity index (χ3v) is 6.22. The molecule has 0 saturated carbocycles. The molecule has 4 rings (SSSR count). The molecule has 0 aliphatic carbocycles. The third kappa shape index (κ3) is 3.53. The van der Waals surface area contributed by atoms with Crippen molar-refractivity contribution in [3.8, 4) is 0 Å². The molecule has 7 heteroatoms. The number of carbonyl (C=O) groups is 1. The summed E-state index contributed by atoms with van der Waals surface area (Å²) < 4.78 is 16.5. The molecule has 0 aliphatic rings. The highest BCUT2D eigenvalue weighted by Gasteiger charge is 2.24. The number of carbonyl (C=O) groups excluding carboxylic acids is 1. The van der Waals surface area contributed by atoms with Crippen LogP contribution in [0.2, 0.25) is 0 Å². The number of benzene rings is 2. The number of aryl methyl sites for hydroxylation is 1. The molecule has 0 spiro atoms. The molecule has 2 heterocycles. The van der Waals surface area contributed by atoms with Crippen molar-refractivity contribution in [3.05, 3.63) is 76.0 Å². The number of aromatic nitrogens is 2. The van der Waals surface area contributed by atoms with Gasteiger partial charge < -0.3 is 5.32 Å². The highest BCUT2D eigenvalue weighted by molar-refractivity contribution is 7.26. The van der Waals surface area contributed by atoms with Crippen LogP contribution in [-0.4, -0.2) is 15.7 Å². The van der Waals surface area contributed by atoms with Crippen molar-refractivity contribution < 1.29 is 9.18 Å². The molecule has 2 aromatic carbocycles. The van der Waals surface area contributed by atoms with Crippen LogP contribution in [-0.2, 0) is 11.3 Å². The first-order valence-electron chi connectivity index (χ1n) is 9.42. The Morgan fingerprint density at radius 1 is 1.24 bits per heavy atom. The second-order valence-corrected chi connectivity index (χ2v) is 7.96. The normalized spacial score (nSPS) is 12.4. The number of hydrogen-bond acceptors (Lipinski definition) is 4. The lowest BCUT2D eigenvalue weighted by Gasteiger charge is -2.17. The molecule has 1 N–H and O–H groups in total. The molecule has 148 valence electrons. The van der Waals surface area contributed by atoms with Crippen molar-refractivity contribution in [2.24, 2.45) is 0 Å². The smallest absolute Gasteiger partial charge is 0.276 e. The average Bonchev–Trinajstić information content (AvgIpc) is 3.11. The van der Waals surface area contributed by atoms with Crippen LogP contribution >= 0.6 is 11.3 Å². The van der Waals surface area contributed by atoms with Crippen LogP contribution in [0.4, 0.5) is 4.39 Å². The van der Waals surface area contributed by atoms with Crippen LogP contribution < -0.4 is 10.9 Å². The summed E-state index contributed by atoms with van der Waals surface area (Å²) in [5, 5.41) is 8.74. The van der Waals surface area contributed by atoms with Crippen LogP contribution in [0.1, 0.15) is 30.6 Å². The minimum Gasteiger partial charge on any atom is -0.350 e. The first kappa shape index (κ1) is 19.3. The topological polar surface area (TPSA) is 64.0 Å². The Bertz CT molecular complexity index is 1280. The fraction of sp³-hybridized carbons (Fsp3) is 0.227. The molecule has 0 unspecified atom stereocenters. The van der Waals surface area contributed by atoms with E-state index in [0.717, 1.165) is 20.5 Å². The number of halogens is 1. The highest BCUT2D eigenvalue weighted by atomic mass is 32.1. The summed E-state index contributed by atoms with van der Waals surface area (Å²) in [5.74, 6) is -0.670. The standard InChI is InChI=1S/C22H20FN3O2S/c1-3-17(21(27)24-12-14-7-6-8-15(23)11-14)26-22(28)19-16-9-4-5-10-18(16)29-20(19)13(2)25-26/h4-11,17H,3,12H2,1-2H3,(H,24,27)/t17-/m1/s1. The maximum absolute atomic E-state index is 13.4. The monoisotopic (exact) mass is 409 g/mol. The van der Waals surface area contributed by atoms with E-state index in [9.17, 15) is 14.0 Å². The minimum absolute atomic E-state index is 0.185. The Hall–Kier alpha value is -3.06. The lowest BCUT2D eigenvalue weighted by molar-refractivity contribution is -0.125. The SMILES string of the molecule is CC[C@H](C(=O)NCc1cccc(F)c1)n1nc(C)c2sc3ccccc3c2c1=O. The average molecular weight is 409 g/mol. The Morgan fingerprint density at radius 2 is 2.03 bits per heavy atom. The van der Waals surface area contributed by atoms with Gasteiger partial charge in [0.1, 0.15) is 11.9 Å². The van der Waals surface area contributed by atoms with Gasteiger partial charge in [-0.05, 0) is 37.1 Å². The van der Waals surface area contributed by atoms with Crippen molar-refractivity contribution in [1.29, 1.82) is 0 Å². The predicted molar refractivity (Wildman–Crippen MR) is 114 cm³/mol. The number of thiophene rings is 1. The van der Waals surface area contributed by atoms with Crippen molar-refractivity contribution in [2.75, 3.05) is 0 Å². The molecule has 0 bridgehead atoms. The summed E-state index contributed by atoms with van der Waals surface area (Å²) >= 11 is 1.54. The van der Waals surface area contributed by atoms with Gasteiger partial charge in [-0.3, -0.25) is 9.59 Å². The van der Waals surface area contributed by atoms with Crippen LogP contribution in [0, 0.1) is 12.7 Å². The lowest BCUT2D eigenvalue weighted by Crippen LogP contribution is -2.38. The van der Waals surface area contributed by atoms with Crippen molar-refractivity contribution >= 4 is 37.4 Å². The van der Waals surface area contributed by atoms with Crippen LogP contribution in [0.15, 0.2) is 53.3 Å². The molecule has 0 radical (unpaired) electrons. The van der Waals surface area contributed by atoms with E-state index in [1.165, 1.54) is 28.2 Å². The number of nitrogens with zero attached hydrogens (tertiary/aromatic N) is 2. The summed E-state index contributed by atoms with van der Waals surface area (Å²) in [4.78, 5) is 26.1. The Balaban J connectivity index is 1.71. The van der Waals surface area contributed by atoms with Gasteiger partial charge in [-0.2, -0.15) is 5.10 Å². The largest absolute Gasteiger partial charge is 0.350 e. The number of hydrogen-bond donors (Lipinski definition) is 1. The fourth-order valence-electron chi connectivity index (χ4n) is 3.51. The zero-order chi connectivity index (χ0) is 20.5. The maximum Gasteiger partial charge on any atom is 0.276 e. The molecule has 0 fully saturated rings. The number of amides is 1. The molecule has 2 aromatic heterocycles. The van der Waals surface area contributed by atoms with Crippen LogP contribution in [0.5, 0.6) is 0 Å². The van der Waals surface area contributed by atoms with Gasteiger partial charge in [-0.1, -0.05) is 37.3 Å². The summed E-state index contributed by atoms with van der Waals surface area (Å²) in [7, 11) is 0. The van der Waals surface area contributed by atoms with Crippen molar-refractivity contribution in [1.82, 2.24) is 15.1 Å². The molecule has 29 heavy (non-hydrogen) atoms. The van der Waals surface area contributed by atoms with E-state index in [2.05, 4.69) is 10.4 Å². The first-order chi connectivity index (χ1) is 14.0. The van der Waals surface area contributed by atoms with Crippen LogP contribution in [0.25, 0.3) is 20.2 Å². The quantitative estimate of drug-likeness (QED) is 0.534. The van der Waals surface area contributed by atoms with Crippen molar-refractivity contribution in [2.45, 2.75) is 32.9 Å². The summed E-state index contributed by atoms with van der Waals surface area (Å²) in [5.41, 5.74) is 1.11. The summed E-state index contributed by atoms with van der Waals surface area (Å²) in [6.45, 7) is 3.88. The van der Waals surface area contributed by atoms with Gasteiger partial charge in [0, 0.05) is 16.6 Å². The molecule has 5 nitrogen and oxygen atoms in total. The van der Waals surface area contributed by atoms with Gasteiger partial charge in [0.15, 0.2) is 0 Å². The van der Waals surface area contributed by atoms with Crippen LogP contribution in [0.3, 0.4) is 0 Å². The van der Waals surface area contributed by atoms with Gasteiger partial charge >= 0.3 is 0 Å². The Morgan fingerprint density at radius 3 is 2.79 bits per heavy atom. The van der Waals surface area contributed by atoms with Gasteiger partial charge in [-0.25, -0.2) is 9.07 Å². The van der Waals surface area contributed by atoms with E-state index in [1.807, 2.05) is 38.1 Å². The third-order valence-electron chi connectivity index (χ3n) is 4.94. The summed E-state index contributed by atoms with van der Waals surface area (Å²) in [6.07, 6.45) is 0.412. The Labute approximate surface area is 170 Å². The molecule has 1 amide bonds. The van der Waals surface area contributed by atoms with Gasteiger partial charge in [0.2, 0.25) is 5.91 Å². The predicted octanol–water partition coefficient (Wildman–Crippen LogP) is 4.33. The number of fused-ring (bicyclic) bond motifs is 3. The van der Waals surface area contributed by atoms with E-state index >= 15 is 0 Å². The molecule has 0 aliphatic heterocycles. The van der Waals surface area contributed by atoms with Gasteiger partial charge in [-0.15, -0.1) is 11.3 Å². The molecule has 0 saturated heterocycles. The molecular formula is C22H20FN3O2S. The zero-order valence-corrected chi connectivity index (χ0v) is 16.9. The Kier molecular flexibility index (Phi) is 5.15. The zero-order valence-electron chi connectivity index (χ0n) is 16.1. The molecule has 1 atom stereocenters. The van der Waals surface area contributed by atoms with E-state index in [-0.39, 0.29) is 23.8 Å². The summed E-state index contributed by atoms with van der Waals surface area (Å²) in [6, 6.07) is 13.1. The number of nitrogens with one attached hydrogen (secondary N) is 1. The van der Waals surface area contributed by atoms with Gasteiger partial charge in [0.25, 0.3) is 5.56 Å². The molecule has 4 aromatic rings. The van der Waals surface area contributed by atoms with Crippen molar-refractivity contribution in [3.63, 3.8) is 0 Å². The lowest BCUT2D eigenvalue weighted by atomic mass is 10.1. The second kappa shape index (κ2) is 7.75. The number of rotatable bonds is 5. The maximum atomic E-state index is 13.4. The van der Waals surface area contributed by atoms with E-state index in [4.69, 9.17) is 0 Å². The minimum atomic E-state index is -0.738. The highest BCUT2D eigenvalue weighted by Crippen LogP contribution is 2.33. The van der Waals surface area contributed by atoms with E-state index in [0.29, 0.717) is 17.4 Å². The fourth-order valence-corrected chi connectivity index (χ4v) is 4.65. The van der Waals surface area contributed by atoms with Gasteiger partial charge in [0.05, 0.1) is 15.8 Å².